The van der Waals surface area contributed by atoms with Crippen molar-refractivity contribution >= 4 is 32.9 Å². The van der Waals surface area contributed by atoms with Gasteiger partial charge in [0.25, 0.3) is 5.91 Å². The zero-order valence-electron chi connectivity index (χ0n) is 20.9. The van der Waals surface area contributed by atoms with Crippen LogP contribution < -0.4 is 0 Å². The Hall–Kier alpha value is -2.46. The van der Waals surface area contributed by atoms with Crippen LogP contribution in [0.4, 0.5) is 0 Å². The number of aromatic nitrogens is 2. The Morgan fingerprint density at radius 2 is 1.85 bits per heavy atom. The van der Waals surface area contributed by atoms with Gasteiger partial charge in [0.15, 0.2) is 6.10 Å². The number of imidazole rings is 1. The third kappa shape index (κ3) is 5.60. The van der Waals surface area contributed by atoms with E-state index in [-0.39, 0.29) is 17.2 Å². The molecule has 188 valence electrons. The predicted octanol–water partition coefficient (Wildman–Crippen LogP) is 2.68. The third-order valence-electron chi connectivity index (χ3n) is 6.28. The van der Waals surface area contributed by atoms with Crippen LogP contribution in [0, 0.1) is 11.8 Å². The first-order valence-electron chi connectivity index (χ1n) is 11.8. The summed E-state index contributed by atoms with van der Waals surface area (Å²) < 4.78 is 33.5. The molecule has 1 fully saturated rings. The molecule has 1 aromatic heterocycles. The number of carbonyl (C=O) groups is 2. The minimum Gasteiger partial charge on any atom is -0.453 e. The minimum absolute atomic E-state index is 0.0800. The van der Waals surface area contributed by atoms with Crippen LogP contribution >= 0.6 is 0 Å². The second-order valence-electron chi connectivity index (χ2n) is 9.53. The lowest BCUT2D eigenvalue weighted by atomic mass is 9.91. The fourth-order valence-electron chi connectivity index (χ4n) is 4.69. The van der Waals surface area contributed by atoms with E-state index >= 15 is 0 Å². The van der Waals surface area contributed by atoms with Crippen molar-refractivity contribution in [3.05, 3.63) is 24.0 Å². The average molecular weight is 493 g/mol. The number of aryl methyl sites for hydroxylation is 2. The lowest BCUT2D eigenvalue weighted by molar-refractivity contribution is -0.160. The Kier molecular flexibility index (Phi) is 8.02. The Bertz CT molecular complexity index is 1150. The topological polar surface area (TPSA) is 102 Å². The molecule has 34 heavy (non-hydrogen) atoms. The predicted molar refractivity (Wildman–Crippen MR) is 130 cm³/mol. The van der Waals surface area contributed by atoms with Gasteiger partial charge in [-0.15, -0.1) is 0 Å². The first-order chi connectivity index (χ1) is 15.9. The first kappa shape index (κ1) is 26.2. The molecule has 0 spiro atoms. The summed E-state index contributed by atoms with van der Waals surface area (Å²) in [5.41, 5.74) is 1.37. The molecular formula is C24H36N4O5S. The SMILES string of the molecule is CCn1c(CCC(=O)OC(C)C(=O)N2CC(C)CC(C)C2)nc2cc(S(=O)(=O)N(C)C)ccc21. The van der Waals surface area contributed by atoms with E-state index in [1.54, 1.807) is 30.0 Å². The van der Waals surface area contributed by atoms with Crippen molar-refractivity contribution in [1.82, 2.24) is 18.8 Å². The Morgan fingerprint density at radius 3 is 2.44 bits per heavy atom. The Labute approximate surface area is 202 Å². The van der Waals surface area contributed by atoms with Crippen molar-refractivity contribution in [3.8, 4) is 0 Å². The van der Waals surface area contributed by atoms with Gasteiger partial charge in [0.1, 0.15) is 5.82 Å². The zero-order chi connectivity index (χ0) is 25.2. The van der Waals surface area contributed by atoms with E-state index in [0.29, 0.717) is 49.2 Å². The quantitative estimate of drug-likeness (QED) is 0.525. The Morgan fingerprint density at radius 1 is 1.21 bits per heavy atom. The highest BCUT2D eigenvalue weighted by Crippen LogP contribution is 2.24. The Balaban J connectivity index is 1.67. The molecule has 1 aromatic carbocycles. The monoisotopic (exact) mass is 492 g/mol. The number of ether oxygens (including phenoxy) is 1. The van der Waals surface area contributed by atoms with Crippen molar-refractivity contribution in [2.75, 3.05) is 27.2 Å². The molecule has 1 aliphatic heterocycles. The molecule has 0 N–H and O–H groups in total. The van der Waals surface area contributed by atoms with E-state index in [4.69, 9.17) is 4.74 Å². The number of rotatable bonds is 8. The van der Waals surface area contributed by atoms with Crippen LogP contribution in [0.3, 0.4) is 0 Å². The van der Waals surface area contributed by atoms with Crippen molar-refractivity contribution in [1.29, 1.82) is 0 Å². The van der Waals surface area contributed by atoms with Crippen molar-refractivity contribution in [2.45, 2.75) is 64.5 Å². The molecule has 3 atom stereocenters. The molecule has 3 unspecified atom stereocenters. The maximum absolute atomic E-state index is 12.8. The average Bonchev–Trinajstić information content (AvgIpc) is 3.12. The van der Waals surface area contributed by atoms with Gasteiger partial charge in [0.2, 0.25) is 10.0 Å². The number of nitrogens with zero attached hydrogens (tertiary/aromatic N) is 4. The van der Waals surface area contributed by atoms with Crippen LogP contribution in [0.2, 0.25) is 0 Å². The maximum atomic E-state index is 12.8. The van der Waals surface area contributed by atoms with E-state index in [1.807, 2.05) is 11.5 Å². The standard InChI is InChI=1S/C24H36N4O5S/c1-7-28-21-9-8-19(34(31,32)26(5)6)13-20(21)25-22(28)10-11-23(29)33-18(4)24(30)27-14-16(2)12-17(3)15-27/h8-9,13,16-18H,7,10-12,14-15H2,1-6H3. The van der Waals surface area contributed by atoms with E-state index in [0.717, 1.165) is 16.2 Å². The number of benzene rings is 1. The summed E-state index contributed by atoms with van der Waals surface area (Å²) in [6.07, 6.45) is 0.680. The minimum atomic E-state index is -3.57. The highest BCUT2D eigenvalue weighted by molar-refractivity contribution is 7.89. The molecule has 9 nitrogen and oxygen atoms in total. The molecular weight excluding hydrogens is 456 g/mol. The molecule has 3 rings (SSSR count). The van der Waals surface area contributed by atoms with Crippen LogP contribution in [0.15, 0.2) is 23.1 Å². The number of fused-ring (bicyclic) bond motifs is 1. The molecule has 2 heterocycles. The number of hydrogen-bond donors (Lipinski definition) is 0. The van der Waals surface area contributed by atoms with E-state index < -0.39 is 22.1 Å². The van der Waals surface area contributed by atoms with Crippen LogP contribution in [0.25, 0.3) is 11.0 Å². The van der Waals surface area contributed by atoms with Gasteiger partial charge in [-0.25, -0.2) is 17.7 Å². The van der Waals surface area contributed by atoms with Gasteiger partial charge in [-0.1, -0.05) is 13.8 Å². The summed E-state index contributed by atoms with van der Waals surface area (Å²) in [5.74, 6) is 0.940. The molecule has 0 radical (unpaired) electrons. The van der Waals surface area contributed by atoms with Gasteiger partial charge in [0.05, 0.1) is 22.3 Å². The molecule has 1 saturated heterocycles. The summed E-state index contributed by atoms with van der Waals surface area (Å²) in [7, 11) is -0.597. The fraction of sp³-hybridized carbons (Fsp3) is 0.625. The summed E-state index contributed by atoms with van der Waals surface area (Å²) in [4.78, 5) is 31.8. The zero-order valence-corrected chi connectivity index (χ0v) is 21.8. The fourth-order valence-corrected chi connectivity index (χ4v) is 5.62. The molecule has 0 aliphatic carbocycles. The number of esters is 1. The molecule has 0 bridgehead atoms. The van der Waals surface area contributed by atoms with Gasteiger partial charge in [-0.3, -0.25) is 9.59 Å². The molecule has 10 heteroatoms. The number of hydrogen-bond acceptors (Lipinski definition) is 6. The molecule has 1 aliphatic rings. The van der Waals surface area contributed by atoms with Gasteiger partial charge >= 0.3 is 5.97 Å². The number of sulfonamides is 1. The normalized spacial score (nSPS) is 20.0. The number of carbonyl (C=O) groups excluding carboxylic acids is 2. The van der Waals surface area contributed by atoms with E-state index in [9.17, 15) is 18.0 Å². The summed E-state index contributed by atoms with van der Waals surface area (Å²) in [6, 6.07) is 4.87. The lowest BCUT2D eigenvalue weighted by Gasteiger charge is -2.36. The van der Waals surface area contributed by atoms with E-state index in [1.165, 1.54) is 14.1 Å². The number of piperidine rings is 1. The lowest BCUT2D eigenvalue weighted by Crippen LogP contribution is -2.47. The summed E-state index contributed by atoms with van der Waals surface area (Å²) in [6.45, 7) is 9.86. The second-order valence-corrected chi connectivity index (χ2v) is 11.7. The first-order valence-corrected chi connectivity index (χ1v) is 13.3. The van der Waals surface area contributed by atoms with Crippen molar-refractivity contribution in [2.24, 2.45) is 11.8 Å². The number of amides is 1. The van der Waals surface area contributed by atoms with E-state index in [2.05, 4.69) is 18.8 Å². The smallest absolute Gasteiger partial charge is 0.307 e. The maximum Gasteiger partial charge on any atom is 0.307 e. The number of likely N-dealkylation sites (tertiary alicyclic amines) is 1. The molecule has 2 aromatic rings. The highest BCUT2D eigenvalue weighted by Gasteiger charge is 2.30. The van der Waals surface area contributed by atoms with Gasteiger partial charge < -0.3 is 14.2 Å². The molecule has 0 saturated carbocycles. The highest BCUT2D eigenvalue weighted by atomic mass is 32.2. The van der Waals surface area contributed by atoms with Gasteiger partial charge in [0, 0.05) is 40.2 Å². The summed E-state index contributed by atoms with van der Waals surface area (Å²) >= 11 is 0. The van der Waals surface area contributed by atoms with Crippen LogP contribution in [0.1, 0.15) is 46.4 Å². The largest absolute Gasteiger partial charge is 0.453 e. The van der Waals surface area contributed by atoms with Crippen LogP contribution in [0.5, 0.6) is 0 Å². The van der Waals surface area contributed by atoms with Crippen molar-refractivity contribution in [3.63, 3.8) is 0 Å². The van der Waals surface area contributed by atoms with Gasteiger partial charge in [-0.2, -0.15) is 0 Å². The summed E-state index contributed by atoms with van der Waals surface area (Å²) in [5, 5.41) is 0. The van der Waals surface area contributed by atoms with Gasteiger partial charge in [-0.05, 0) is 50.3 Å². The van der Waals surface area contributed by atoms with Crippen molar-refractivity contribution < 1.29 is 22.7 Å². The van der Waals surface area contributed by atoms with Crippen LogP contribution in [-0.2, 0) is 37.3 Å². The second kappa shape index (κ2) is 10.4. The van der Waals surface area contributed by atoms with Crippen LogP contribution in [-0.4, -0.2) is 72.3 Å². The third-order valence-corrected chi connectivity index (χ3v) is 8.09. The molecule has 1 amide bonds.